The second-order valence-corrected chi connectivity index (χ2v) is 5.20. The first kappa shape index (κ1) is 14.3. The molecule has 0 atom stereocenters. The number of rotatable bonds is 4. The number of amides is 1. The zero-order valence-electron chi connectivity index (χ0n) is 12.0. The average Bonchev–Trinajstić information content (AvgIpc) is 2.84. The fourth-order valence-corrected chi connectivity index (χ4v) is 2.56. The molecule has 0 bridgehead atoms. The van der Waals surface area contributed by atoms with Gasteiger partial charge in [0.05, 0.1) is 18.1 Å². The number of hydrogen-bond donors (Lipinski definition) is 2. The number of para-hydroxylation sites is 2. The van der Waals surface area contributed by atoms with Crippen molar-refractivity contribution in [1.82, 2.24) is 9.55 Å². The summed E-state index contributed by atoms with van der Waals surface area (Å²) >= 11 is 5.28. The van der Waals surface area contributed by atoms with Crippen LogP contribution in [-0.4, -0.2) is 22.6 Å². The molecule has 1 aromatic heterocycles. The van der Waals surface area contributed by atoms with Gasteiger partial charge in [-0.25, -0.2) is 0 Å². The highest BCUT2D eigenvalue weighted by atomic mass is 32.1. The van der Waals surface area contributed by atoms with Crippen molar-refractivity contribution >= 4 is 34.8 Å². The van der Waals surface area contributed by atoms with Crippen LogP contribution in [0.5, 0.6) is 5.75 Å². The number of anilines is 1. The summed E-state index contributed by atoms with van der Waals surface area (Å²) in [7, 11) is 1.60. The smallest absolute Gasteiger partial charge is 0.244 e. The van der Waals surface area contributed by atoms with E-state index in [1.54, 1.807) is 35.9 Å². The lowest BCUT2D eigenvalue weighted by Crippen LogP contribution is -2.18. The molecule has 0 radical (unpaired) electrons. The number of methoxy groups -OCH3 is 1. The van der Waals surface area contributed by atoms with Crippen molar-refractivity contribution < 1.29 is 9.53 Å². The number of nitrogens with zero attached hydrogens (tertiary/aromatic N) is 1. The van der Waals surface area contributed by atoms with Crippen LogP contribution in [0, 0.1) is 4.77 Å². The SMILES string of the molecule is COc1ccc(NC(=O)Cn2c(=S)[nH]c3ccccc32)cc1. The van der Waals surface area contributed by atoms with Gasteiger partial charge in [0.1, 0.15) is 12.3 Å². The van der Waals surface area contributed by atoms with Gasteiger partial charge in [0.15, 0.2) is 4.77 Å². The number of imidazole rings is 1. The predicted octanol–water partition coefficient (Wildman–Crippen LogP) is 3.35. The van der Waals surface area contributed by atoms with Crippen molar-refractivity contribution in [3.8, 4) is 5.75 Å². The monoisotopic (exact) mass is 313 g/mol. The number of carbonyl (C=O) groups excluding carboxylic acids is 1. The van der Waals surface area contributed by atoms with Crippen molar-refractivity contribution in [2.75, 3.05) is 12.4 Å². The lowest BCUT2D eigenvalue weighted by atomic mass is 10.3. The zero-order chi connectivity index (χ0) is 15.5. The molecule has 0 fully saturated rings. The van der Waals surface area contributed by atoms with Crippen LogP contribution in [0.3, 0.4) is 0 Å². The van der Waals surface area contributed by atoms with Crippen LogP contribution >= 0.6 is 12.2 Å². The number of hydrogen-bond acceptors (Lipinski definition) is 3. The molecule has 3 rings (SSSR count). The van der Waals surface area contributed by atoms with Crippen molar-refractivity contribution in [2.45, 2.75) is 6.54 Å². The number of H-pyrrole nitrogens is 1. The summed E-state index contributed by atoms with van der Waals surface area (Å²) in [5.74, 6) is 0.614. The molecule has 0 aliphatic carbocycles. The van der Waals surface area contributed by atoms with E-state index in [1.165, 1.54) is 0 Å². The fraction of sp³-hybridized carbons (Fsp3) is 0.125. The predicted molar refractivity (Wildman–Crippen MR) is 88.7 cm³/mol. The number of aromatic amines is 1. The van der Waals surface area contributed by atoms with Gasteiger partial charge in [0, 0.05) is 5.69 Å². The van der Waals surface area contributed by atoms with E-state index < -0.39 is 0 Å². The Morgan fingerprint density at radius 3 is 2.68 bits per heavy atom. The van der Waals surface area contributed by atoms with Crippen molar-refractivity contribution in [3.05, 3.63) is 53.3 Å². The third-order valence-corrected chi connectivity index (χ3v) is 3.68. The van der Waals surface area contributed by atoms with Crippen LogP contribution in [-0.2, 0) is 11.3 Å². The van der Waals surface area contributed by atoms with Crippen molar-refractivity contribution in [1.29, 1.82) is 0 Å². The molecule has 22 heavy (non-hydrogen) atoms. The quantitative estimate of drug-likeness (QED) is 0.726. The Balaban J connectivity index is 1.78. The standard InChI is InChI=1S/C16H15N3O2S/c1-21-12-8-6-11(7-9-12)17-15(20)10-19-14-5-3-2-4-13(14)18-16(19)22/h2-9H,10H2,1H3,(H,17,20)(H,18,22). The van der Waals surface area contributed by atoms with Crippen LogP contribution in [0.15, 0.2) is 48.5 Å². The molecule has 0 aliphatic heterocycles. The van der Waals surface area contributed by atoms with E-state index in [0.29, 0.717) is 4.77 Å². The van der Waals surface area contributed by atoms with E-state index >= 15 is 0 Å². The number of fused-ring (bicyclic) bond motifs is 1. The molecule has 1 heterocycles. The third kappa shape index (κ3) is 2.87. The Hall–Kier alpha value is -2.60. The largest absolute Gasteiger partial charge is 0.497 e. The number of benzene rings is 2. The Bertz CT molecular complexity index is 865. The summed E-state index contributed by atoms with van der Waals surface area (Å²) in [6, 6.07) is 14.9. The van der Waals surface area contributed by atoms with Crippen LogP contribution in [0.25, 0.3) is 11.0 Å². The van der Waals surface area contributed by atoms with Crippen LogP contribution in [0.1, 0.15) is 0 Å². The van der Waals surface area contributed by atoms with Gasteiger partial charge in [-0.2, -0.15) is 0 Å². The molecule has 0 spiro atoms. The number of aromatic nitrogens is 2. The van der Waals surface area contributed by atoms with Gasteiger partial charge < -0.3 is 19.6 Å². The lowest BCUT2D eigenvalue weighted by Gasteiger charge is -2.07. The van der Waals surface area contributed by atoms with E-state index in [9.17, 15) is 4.79 Å². The van der Waals surface area contributed by atoms with E-state index in [2.05, 4.69) is 10.3 Å². The maximum Gasteiger partial charge on any atom is 0.244 e. The summed E-state index contributed by atoms with van der Waals surface area (Å²) < 4.78 is 7.40. The molecule has 2 aromatic carbocycles. The minimum Gasteiger partial charge on any atom is -0.497 e. The van der Waals surface area contributed by atoms with Gasteiger partial charge in [-0.3, -0.25) is 4.79 Å². The Kier molecular flexibility index (Phi) is 3.93. The molecule has 6 heteroatoms. The number of nitrogens with one attached hydrogen (secondary N) is 2. The summed E-state index contributed by atoms with van der Waals surface area (Å²) in [6.07, 6.45) is 0. The van der Waals surface area contributed by atoms with Gasteiger partial charge in [-0.15, -0.1) is 0 Å². The van der Waals surface area contributed by atoms with Crippen molar-refractivity contribution in [3.63, 3.8) is 0 Å². The molecular weight excluding hydrogens is 298 g/mol. The third-order valence-electron chi connectivity index (χ3n) is 3.36. The highest BCUT2D eigenvalue weighted by Crippen LogP contribution is 2.16. The van der Waals surface area contributed by atoms with Crippen LogP contribution in [0.4, 0.5) is 5.69 Å². The number of carbonyl (C=O) groups is 1. The van der Waals surface area contributed by atoms with E-state index in [1.807, 2.05) is 24.3 Å². The van der Waals surface area contributed by atoms with E-state index in [0.717, 1.165) is 22.5 Å². The van der Waals surface area contributed by atoms with Gasteiger partial charge in [-0.1, -0.05) is 12.1 Å². The van der Waals surface area contributed by atoms with E-state index in [-0.39, 0.29) is 12.5 Å². The normalized spacial score (nSPS) is 10.6. The Morgan fingerprint density at radius 1 is 1.23 bits per heavy atom. The molecular formula is C16H15N3O2S. The van der Waals surface area contributed by atoms with Crippen molar-refractivity contribution in [2.24, 2.45) is 0 Å². The van der Waals surface area contributed by atoms with Gasteiger partial charge >= 0.3 is 0 Å². The molecule has 2 N–H and O–H groups in total. The minimum absolute atomic E-state index is 0.133. The molecule has 1 amide bonds. The van der Waals surface area contributed by atoms with Gasteiger partial charge in [0.2, 0.25) is 5.91 Å². The molecule has 0 saturated carbocycles. The maximum absolute atomic E-state index is 12.2. The zero-order valence-corrected chi connectivity index (χ0v) is 12.8. The summed E-state index contributed by atoms with van der Waals surface area (Å²) in [5, 5.41) is 2.85. The highest BCUT2D eigenvalue weighted by Gasteiger charge is 2.08. The molecule has 0 saturated heterocycles. The van der Waals surface area contributed by atoms with Crippen LogP contribution in [0.2, 0.25) is 0 Å². The fourth-order valence-electron chi connectivity index (χ4n) is 2.28. The first-order valence-corrected chi connectivity index (χ1v) is 7.19. The van der Waals surface area contributed by atoms with Gasteiger partial charge in [0.25, 0.3) is 0 Å². The topological polar surface area (TPSA) is 59.0 Å². The van der Waals surface area contributed by atoms with Gasteiger partial charge in [-0.05, 0) is 48.6 Å². The summed E-state index contributed by atoms with van der Waals surface area (Å²) in [5.41, 5.74) is 2.55. The molecule has 3 aromatic rings. The Morgan fingerprint density at radius 2 is 1.95 bits per heavy atom. The molecule has 0 unspecified atom stereocenters. The molecule has 5 nitrogen and oxygen atoms in total. The maximum atomic E-state index is 12.2. The van der Waals surface area contributed by atoms with E-state index in [4.69, 9.17) is 17.0 Å². The summed E-state index contributed by atoms with van der Waals surface area (Å²) in [6.45, 7) is 0.162. The van der Waals surface area contributed by atoms with Crippen LogP contribution < -0.4 is 10.1 Å². The molecule has 112 valence electrons. The first-order valence-electron chi connectivity index (χ1n) is 6.79. The number of ether oxygens (including phenoxy) is 1. The highest BCUT2D eigenvalue weighted by molar-refractivity contribution is 7.71. The summed E-state index contributed by atoms with van der Waals surface area (Å²) in [4.78, 5) is 15.3. The molecule has 0 aliphatic rings. The Labute approximate surface area is 132 Å². The second-order valence-electron chi connectivity index (χ2n) is 4.81. The first-order chi connectivity index (χ1) is 10.7. The lowest BCUT2D eigenvalue weighted by molar-refractivity contribution is -0.116. The second kappa shape index (κ2) is 6.03. The minimum atomic E-state index is -0.133. The average molecular weight is 313 g/mol.